The van der Waals surface area contributed by atoms with E-state index in [-0.39, 0.29) is 22.9 Å². The van der Waals surface area contributed by atoms with Gasteiger partial charge in [-0.2, -0.15) is 4.98 Å². The molecule has 1 fully saturated rings. The highest BCUT2D eigenvalue weighted by Gasteiger charge is 2.23. The van der Waals surface area contributed by atoms with E-state index < -0.39 is 5.82 Å². The summed E-state index contributed by atoms with van der Waals surface area (Å²) < 4.78 is 26.9. The Hall–Kier alpha value is -3.92. The van der Waals surface area contributed by atoms with Gasteiger partial charge < -0.3 is 14.2 Å². The molecule has 0 N–H and O–H groups in total. The van der Waals surface area contributed by atoms with E-state index in [0.717, 1.165) is 17.3 Å². The minimum absolute atomic E-state index is 0.107. The molecule has 1 unspecified atom stereocenters. The topological polar surface area (TPSA) is 99.2 Å². The second-order valence-corrected chi connectivity index (χ2v) is 8.09. The summed E-state index contributed by atoms with van der Waals surface area (Å²) in [5, 5.41) is 3.95. The molecule has 174 valence electrons. The third kappa shape index (κ3) is 4.32. The van der Waals surface area contributed by atoms with Gasteiger partial charge in [0.05, 0.1) is 24.6 Å². The quantitative estimate of drug-likeness (QED) is 0.456. The molecular formula is C24H23FN6O3. The maximum Gasteiger partial charge on any atom is 0.255 e. The van der Waals surface area contributed by atoms with Crippen LogP contribution in [0.3, 0.4) is 0 Å². The molecule has 0 bridgehead atoms. The van der Waals surface area contributed by atoms with Crippen LogP contribution >= 0.6 is 0 Å². The van der Waals surface area contributed by atoms with E-state index >= 15 is 0 Å². The number of hydrogen-bond donors (Lipinski definition) is 0. The largest absolute Gasteiger partial charge is 0.372 e. The molecule has 1 saturated heterocycles. The number of hydrogen-bond acceptors (Lipinski definition) is 8. The zero-order chi connectivity index (χ0) is 23.7. The van der Waals surface area contributed by atoms with Gasteiger partial charge in [0, 0.05) is 50.5 Å². The van der Waals surface area contributed by atoms with Crippen molar-refractivity contribution in [3.05, 3.63) is 76.4 Å². The van der Waals surface area contributed by atoms with Crippen LogP contribution in [0.5, 0.6) is 0 Å². The molecule has 0 saturated carbocycles. The lowest BCUT2D eigenvalue weighted by Crippen LogP contribution is -2.33. The number of ether oxygens (including phenoxy) is 1. The molecule has 0 spiro atoms. The predicted octanol–water partition coefficient (Wildman–Crippen LogP) is 3.31. The third-order valence-electron chi connectivity index (χ3n) is 5.85. The van der Waals surface area contributed by atoms with Crippen molar-refractivity contribution in [3.8, 4) is 22.6 Å². The first-order chi connectivity index (χ1) is 16.5. The van der Waals surface area contributed by atoms with Gasteiger partial charge in [0.1, 0.15) is 0 Å². The Bertz CT molecular complexity index is 1370. The van der Waals surface area contributed by atoms with Gasteiger partial charge in [-0.1, -0.05) is 29.4 Å². The highest BCUT2D eigenvalue weighted by atomic mass is 19.1. The van der Waals surface area contributed by atoms with E-state index in [9.17, 15) is 9.18 Å². The summed E-state index contributed by atoms with van der Waals surface area (Å²) in [6.07, 6.45) is 3.18. The van der Waals surface area contributed by atoms with Gasteiger partial charge in [0.15, 0.2) is 5.82 Å². The second kappa shape index (κ2) is 9.14. The lowest BCUT2D eigenvalue weighted by Gasteiger charge is -2.23. The normalized spacial score (nSPS) is 16.4. The minimum atomic E-state index is -0.520. The molecule has 0 aliphatic carbocycles. The zero-order valence-corrected chi connectivity index (χ0v) is 18.8. The fourth-order valence-corrected chi connectivity index (χ4v) is 4.03. The maximum atomic E-state index is 14.3. The van der Waals surface area contributed by atoms with Crippen molar-refractivity contribution in [2.24, 2.45) is 7.05 Å². The number of rotatable bonds is 4. The van der Waals surface area contributed by atoms with Crippen molar-refractivity contribution < 1.29 is 13.7 Å². The van der Waals surface area contributed by atoms with E-state index in [0.29, 0.717) is 43.8 Å². The number of nitrogens with zero attached hydrogens (tertiary/aromatic N) is 6. The van der Waals surface area contributed by atoms with Crippen LogP contribution in [-0.2, 0) is 11.8 Å². The van der Waals surface area contributed by atoms with Crippen molar-refractivity contribution in [1.82, 2.24) is 24.7 Å². The van der Waals surface area contributed by atoms with Crippen molar-refractivity contribution in [1.29, 1.82) is 0 Å². The Morgan fingerprint density at radius 2 is 1.94 bits per heavy atom. The standard InChI is InChI=1S/C24H23FN6O3/c1-15-27-23(29-34-15)17-5-3-16(4-6-17)21-8-10-31(11-12-33-21)24-28-20(13-22(32)30(24)2)18-7-9-26-14-19(18)25/h3-7,9,13-14,21H,8,10-12H2,1-2H3. The summed E-state index contributed by atoms with van der Waals surface area (Å²) in [5.41, 5.74) is 2.18. The van der Waals surface area contributed by atoms with Crippen LogP contribution in [0.1, 0.15) is 24.0 Å². The molecule has 34 heavy (non-hydrogen) atoms. The van der Waals surface area contributed by atoms with Gasteiger partial charge in [-0.3, -0.25) is 14.3 Å². The van der Waals surface area contributed by atoms with Crippen LogP contribution in [-0.4, -0.2) is 44.4 Å². The van der Waals surface area contributed by atoms with Gasteiger partial charge in [-0.05, 0) is 18.1 Å². The summed E-state index contributed by atoms with van der Waals surface area (Å²) in [6.45, 7) is 3.39. The van der Waals surface area contributed by atoms with Gasteiger partial charge in [0.2, 0.25) is 17.7 Å². The van der Waals surface area contributed by atoms with Gasteiger partial charge in [0.25, 0.3) is 5.56 Å². The number of halogens is 1. The first-order valence-electron chi connectivity index (χ1n) is 10.9. The van der Waals surface area contributed by atoms with E-state index in [2.05, 4.69) is 20.1 Å². The zero-order valence-electron chi connectivity index (χ0n) is 18.8. The molecule has 1 aliphatic rings. The monoisotopic (exact) mass is 462 g/mol. The molecule has 3 aromatic heterocycles. The Morgan fingerprint density at radius 1 is 1.12 bits per heavy atom. The highest BCUT2D eigenvalue weighted by Crippen LogP contribution is 2.28. The predicted molar refractivity (Wildman–Crippen MR) is 123 cm³/mol. The third-order valence-corrected chi connectivity index (χ3v) is 5.85. The van der Waals surface area contributed by atoms with Crippen LogP contribution in [0, 0.1) is 12.7 Å². The summed E-state index contributed by atoms with van der Waals surface area (Å²) in [5.74, 6) is 1.03. The molecule has 1 aromatic carbocycles. The molecule has 0 radical (unpaired) electrons. The van der Waals surface area contributed by atoms with E-state index in [1.54, 1.807) is 14.0 Å². The van der Waals surface area contributed by atoms with E-state index in [1.807, 2.05) is 29.2 Å². The Labute approximate surface area is 194 Å². The number of aryl methyl sites for hydroxylation is 1. The average molecular weight is 462 g/mol. The second-order valence-electron chi connectivity index (χ2n) is 8.09. The molecule has 1 aliphatic heterocycles. The first-order valence-corrected chi connectivity index (χ1v) is 10.9. The first kappa shape index (κ1) is 21.9. The van der Waals surface area contributed by atoms with Gasteiger partial charge >= 0.3 is 0 Å². The Morgan fingerprint density at radius 3 is 2.68 bits per heavy atom. The SMILES string of the molecule is Cc1nc(-c2ccc(C3CCN(c4nc(-c5ccncc5F)cc(=O)n4C)CCO3)cc2)no1. The molecule has 5 rings (SSSR count). The number of benzene rings is 1. The van der Waals surface area contributed by atoms with Gasteiger partial charge in [-0.15, -0.1) is 0 Å². The van der Waals surface area contributed by atoms with Gasteiger partial charge in [-0.25, -0.2) is 9.37 Å². The van der Waals surface area contributed by atoms with E-state index in [1.165, 1.54) is 22.9 Å². The fraction of sp³-hybridized carbons (Fsp3) is 0.292. The Balaban J connectivity index is 1.36. The summed E-state index contributed by atoms with van der Waals surface area (Å²) in [4.78, 5) is 27.3. The van der Waals surface area contributed by atoms with Crippen molar-refractivity contribution in [2.75, 3.05) is 24.6 Å². The van der Waals surface area contributed by atoms with Crippen LogP contribution in [0.25, 0.3) is 22.6 Å². The van der Waals surface area contributed by atoms with Crippen molar-refractivity contribution in [2.45, 2.75) is 19.4 Å². The number of aromatic nitrogens is 5. The Kier molecular flexibility index (Phi) is 5.89. The molecule has 4 aromatic rings. The molecule has 10 heteroatoms. The molecule has 9 nitrogen and oxygen atoms in total. The average Bonchev–Trinajstić information content (AvgIpc) is 3.13. The minimum Gasteiger partial charge on any atom is -0.372 e. The van der Waals surface area contributed by atoms with E-state index in [4.69, 9.17) is 9.26 Å². The van der Waals surface area contributed by atoms with Crippen LogP contribution < -0.4 is 10.5 Å². The highest BCUT2D eigenvalue weighted by molar-refractivity contribution is 5.60. The number of anilines is 1. The lowest BCUT2D eigenvalue weighted by molar-refractivity contribution is 0.0647. The maximum absolute atomic E-state index is 14.3. The number of pyridine rings is 1. The smallest absolute Gasteiger partial charge is 0.255 e. The molecule has 4 heterocycles. The molecular weight excluding hydrogens is 439 g/mol. The summed E-state index contributed by atoms with van der Waals surface area (Å²) >= 11 is 0. The summed E-state index contributed by atoms with van der Waals surface area (Å²) in [6, 6.07) is 10.8. The molecule has 1 atom stereocenters. The van der Waals surface area contributed by atoms with Crippen molar-refractivity contribution in [3.63, 3.8) is 0 Å². The molecule has 0 amide bonds. The van der Waals surface area contributed by atoms with Crippen LogP contribution in [0.2, 0.25) is 0 Å². The van der Waals surface area contributed by atoms with Crippen molar-refractivity contribution >= 4 is 5.95 Å². The lowest BCUT2D eigenvalue weighted by atomic mass is 10.0. The fourth-order valence-electron chi connectivity index (χ4n) is 4.03. The summed E-state index contributed by atoms with van der Waals surface area (Å²) in [7, 11) is 1.67. The van der Waals surface area contributed by atoms with Crippen LogP contribution in [0.4, 0.5) is 10.3 Å². The van der Waals surface area contributed by atoms with Crippen LogP contribution in [0.15, 0.2) is 58.1 Å².